The van der Waals surface area contributed by atoms with Crippen molar-refractivity contribution in [1.82, 2.24) is 4.90 Å². The summed E-state index contributed by atoms with van der Waals surface area (Å²) in [5, 5.41) is 0. The van der Waals surface area contributed by atoms with Crippen LogP contribution in [0.5, 0.6) is 0 Å². The number of rotatable bonds is 5. The molecular weight excluding hydrogens is 348 g/mol. The highest BCUT2D eigenvalue weighted by atomic mass is 16.2. The number of piperidine rings is 1. The number of nitrogens with zero attached hydrogens (tertiary/aromatic N) is 2. The van der Waals surface area contributed by atoms with Gasteiger partial charge >= 0.3 is 0 Å². The molecule has 2 aromatic carbocycles. The van der Waals surface area contributed by atoms with Gasteiger partial charge in [0.1, 0.15) is 0 Å². The highest BCUT2D eigenvalue weighted by Crippen LogP contribution is 2.29. The molecule has 0 bridgehead atoms. The molecule has 0 N–H and O–H groups in total. The van der Waals surface area contributed by atoms with E-state index in [1.807, 2.05) is 24.3 Å². The minimum Gasteiger partial charge on any atom is -0.292 e. The maximum Gasteiger partial charge on any atom is 0.251 e. The Kier molecular flexibility index (Phi) is 5.58. The number of imide groups is 1. The van der Waals surface area contributed by atoms with Crippen LogP contribution in [0.4, 0.5) is 5.69 Å². The summed E-state index contributed by atoms with van der Waals surface area (Å²) < 4.78 is 0. The average Bonchev–Trinajstić information content (AvgIpc) is 3.03. The SMILES string of the molecule is CCc1ccc(N2C(=O)C[C@@H](N3CCC(Cc4ccccc4)CC3)C2=O)cc1. The van der Waals surface area contributed by atoms with E-state index in [0.29, 0.717) is 18.0 Å². The second-order valence-corrected chi connectivity index (χ2v) is 7.98. The van der Waals surface area contributed by atoms with Crippen LogP contribution < -0.4 is 4.90 Å². The number of carbonyl (C=O) groups is 2. The van der Waals surface area contributed by atoms with Gasteiger partial charge in [-0.1, -0.05) is 49.4 Å². The van der Waals surface area contributed by atoms with Gasteiger partial charge in [-0.25, -0.2) is 4.90 Å². The third kappa shape index (κ3) is 3.88. The smallest absolute Gasteiger partial charge is 0.251 e. The summed E-state index contributed by atoms with van der Waals surface area (Å²) in [4.78, 5) is 29.2. The number of likely N-dealkylation sites (tertiary alicyclic amines) is 1. The highest BCUT2D eigenvalue weighted by molar-refractivity contribution is 6.22. The summed E-state index contributed by atoms with van der Waals surface area (Å²) in [6, 6.07) is 18.1. The minimum atomic E-state index is -0.295. The van der Waals surface area contributed by atoms with Crippen molar-refractivity contribution in [1.29, 1.82) is 0 Å². The third-order valence-corrected chi connectivity index (χ3v) is 6.18. The lowest BCUT2D eigenvalue weighted by atomic mass is 9.89. The van der Waals surface area contributed by atoms with Gasteiger partial charge < -0.3 is 0 Å². The van der Waals surface area contributed by atoms with E-state index in [-0.39, 0.29) is 17.9 Å². The Balaban J connectivity index is 1.37. The van der Waals surface area contributed by atoms with E-state index in [2.05, 4.69) is 42.2 Å². The van der Waals surface area contributed by atoms with E-state index in [4.69, 9.17) is 0 Å². The van der Waals surface area contributed by atoms with E-state index in [9.17, 15) is 9.59 Å². The lowest BCUT2D eigenvalue weighted by Crippen LogP contribution is -2.46. The van der Waals surface area contributed by atoms with Gasteiger partial charge in [0.25, 0.3) is 5.91 Å². The molecule has 2 aromatic rings. The maximum atomic E-state index is 13.0. The zero-order chi connectivity index (χ0) is 19.5. The molecular formula is C24H28N2O2. The molecule has 0 radical (unpaired) electrons. The molecule has 0 spiro atoms. The van der Waals surface area contributed by atoms with Crippen LogP contribution in [0.3, 0.4) is 0 Å². The fraction of sp³-hybridized carbons (Fsp3) is 0.417. The Morgan fingerprint density at radius 2 is 1.57 bits per heavy atom. The molecule has 0 saturated carbocycles. The van der Waals surface area contributed by atoms with Gasteiger partial charge in [-0.2, -0.15) is 0 Å². The number of hydrogen-bond acceptors (Lipinski definition) is 3. The molecule has 4 heteroatoms. The standard InChI is InChI=1S/C24H28N2O2/c1-2-18-8-10-21(11-9-18)26-23(27)17-22(24(26)28)25-14-12-20(13-15-25)16-19-6-4-3-5-7-19/h3-11,20,22H,2,12-17H2,1H3/t22-/m1/s1. The summed E-state index contributed by atoms with van der Waals surface area (Å²) in [7, 11) is 0. The Morgan fingerprint density at radius 3 is 2.21 bits per heavy atom. The zero-order valence-electron chi connectivity index (χ0n) is 16.5. The summed E-state index contributed by atoms with van der Waals surface area (Å²) in [6.07, 6.45) is 4.51. The second kappa shape index (κ2) is 8.27. The molecule has 4 nitrogen and oxygen atoms in total. The normalized spacial score (nSPS) is 21.5. The number of carbonyl (C=O) groups excluding carboxylic acids is 2. The molecule has 2 aliphatic rings. The summed E-state index contributed by atoms with van der Waals surface area (Å²) in [5.41, 5.74) is 3.29. The average molecular weight is 377 g/mol. The summed E-state index contributed by atoms with van der Waals surface area (Å²) in [5.74, 6) is 0.518. The third-order valence-electron chi connectivity index (χ3n) is 6.18. The number of amides is 2. The van der Waals surface area contributed by atoms with Gasteiger partial charge in [-0.3, -0.25) is 14.5 Å². The van der Waals surface area contributed by atoms with Crippen molar-refractivity contribution in [3.8, 4) is 0 Å². The van der Waals surface area contributed by atoms with Crippen molar-refractivity contribution in [2.24, 2.45) is 5.92 Å². The van der Waals surface area contributed by atoms with Crippen molar-refractivity contribution < 1.29 is 9.59 Å². The topological polar surface area (TPSA) is 40.6 Å². The predicted molar refractivity (Wildman–Crippen MR) is 111 cm³/mol. The van der Waals surface area contributed by atoms with Crippen molar-refractivity contribution >= 4 is 17.5 Å². The first-order valence-corrected chi connectivity index (χ1v) is 10.4. The van der Waals surface area contributed by atoms with Crippen molar-refractivity contribution in [3.63, 3.8) is 0 Å². The number of aryl methyl sites for hydroxylation is 1. The lowest BCUT2D eigenvalue weighted by molar-refractivity contribution is -0.123. The fourth-order valence-electron chi connectivity index (χ4n) is 4.47. The van der Waals surface area contributed by atoms with Crippen LogP contribution in [0.25, 0.3) is 0 Å². The number of hydrogen-bond donors (Lipinski definition) is 0. The minimum absolute atomic E-state index is 0.0595. The molecule has 0 aliphatic carbocycles. The van der Waals surface area contributed by atoms with E-state index in [0.717, 1.165) is 38.8 Å². The molecule has 146 valence electrons. The van der Waals surface area contributed by atoms with Gasteiger partial charge in [-0.05, 0) is 68.0 Å². The molecule has 2 fully saturated rings. The first kappa shape index (κ1) is 18.9. The first-order valence-electron chi connectivity index (χ1n) is 10.4. The van der Waals surface area contributed by atoms with E-state index >= 15 is 0 Å². The van der Waals surface area contributed by atoms with Crippen LogP contribution in [0.2, 0.25) is 0 Å². The van der Waals surface area contributed by atoms with Gasteiger partial charge in [0, 0.05) is 0 Å². The van der Waals surface area contributed by atoms with Crippen LogP contribution in [-0.2, 0) is 22.4 Å². The summed E-state index contributed by atoms with van der Waals surface area (Å²) >= 11 is 0. The van der Waals surface area contributed by atoms with Crippen LogP contribution in [0.1, 0.15) is 37.3 Å². The maximum absolute atomic E-state index is 13.0. The van der Waals surface area contributed by atoms with Crippen LogP contribution in [0.15, 0.2) is 54.6 Å². The lowest BCUT2D eigenvalue weighted by Gasteiger charge is -2.34. The van der Waals surface area contributed by atoms with Crippen LogP contribution in [0, 0.1) is 5.92 Å². The Bertz CT molecular complexity index is 823. The fourth-order valence-corrected chi connectivity index (χ4v) is 4.47. The molecule has 2 aliphatic heterocycles. The molecule has 28 heavy (non-hydrogen) atoms. The van der Waals surface area contributed by atoms with Gasteiger partial charge in [-0.15, -0.1) is 0 Å². The monoisotopic (exact) mass is 376 g/mol. The molecule has 2 heterocycles. The van der Waals surface area contributed by atoms with Crippen molar-refractivity contribution in [2.45, 2.75) is 45.1 Å². The van der Waals surface area contributed by atoms with Crippen molar-refractivity contribution in [3.05, 3.63) is 65.7 Å². The molecule has 4 rings (SSSR count). The van der Waals surface area contributed by atoms with Crippen LogP contribution >= 0.6 is 0 Å². The number of anilines is 1. The Labute approximate surface area is 167 Å². The molecule has 2 saturated heterocycles. The molecule has 2 amide bonds. The number of benzene rings is 2. The highest BCUT2D eigenvalue weighted by Gasteiger charge is 2.43. The van der Waals surface area contributed by atoms with E-state index < -0.39 is 0 Å². The van der Waals surface area contributed by atoms with Gasteiger partial charge in [0.15, 0.2) is 0 Å². The molecule has 0 aromatic heterocycles. The molecule has 1 atom stereocenters. The largest absolute Gasteiger partial charge is 0.292 e. The molecule has 0 unspecified atom stereocenters. The van der Waals surface area contributed by atoms with Gasteiger partial charge in [0.05, 0.1) is 18.2 Å². The Morgan fingerprint density at radius 1 is 0.893 bits per heavy atom. The van der Waals surface area contributed by atoms with Crippen molar-refractivity contribution in [2.75, 3.05) is 18.0 Å². The predicted octanol–water partition coefficient (Wildman–Crippen LogP) is 3.84. The quantitative estimate of drug-likeness (QED) is 0.745. The van der Waals surface area contributed by atoms with E-state index in [1.54, 1.807) is 0 Å². The summed E-state index contributed by atoms with van der Waals surface area (Å²) in [6.45, 7) is 3.88. The first-order chi connectivity index (χ1) is 13.7. The Hall–Kier alpha value is -2.46. The van der Waals surface area contributed by atoms with E-state index in [1.165, 1.54) is 16.0 Å². The second-order valence-electron chi connectivity index (χ2n) is 7.98. The van der Waals surface area contributed by atoms with Crippen LogP contribution in [-0.4, -0.2) is 35.8 Å². The van der Waals surface area contributed by atoms with Gasteiger partial charge in [0.2, 0.25) is 5.91 Å². The zero-order valence-corrected chi connectivity index (χ0v) is 16.5.